The monoisotopic (exact) mass is 345 g/mol. The molecule has 1 saturated heterocycles. The molecule has 1 fully saturated rings. The second kappa shape index (κ2) is 4.33. The van der Waals surface area contributed by atoms with Crippen molar-refractivity contribution < 1.29 is 9.72 Å². The summed E-state index contributed by atoms with van der Waals surface area (Å²) in [6, 6.07) is 2.96. The molecule has 3 aliphatic heterocycles. The van der Waals surface area contributed by atoms with Gasteiger partial charge in [-0.15, -0.1) is 11.8 Å². The third-order valence-corrected chi connectivity index (χ3v) is 6.47. The van der Waals surface area contributed by atoms with Gasteiger partial charge < -0.3 is 9.80 Å². The van der Waals surface area contributed by atoms with Gasteiger partial charge in [-0.2, -0.15) is 0 Å². The Balaban J connectivity index is 2.01. The van der Waals surface area contributed by atoms with Gasteiger partial charge in [0.2, 0.25) is 0 Å². The van der Waals surface area contributed by atoms with Crippen LogP contribution >= 0.6 is 11.8 Å². The molecule has 1 amide bonds. The van der Waals surface area contributed by atoms with Crippen molar-refractivity contribution in [1.29, 1.82) is 0 Å². The van der Waals surface area contributed by atoms with Gasteiger partial charge in [0.25, 0.3) is 11.6 Å². The van der Waals surface area contributed by atoms with Crippen LogP contribution in [0.5, 0.6) is 0 Å². The summed E-state index contributed by atoms with van der Waals surface area (Å²) in [5.74, 6) is -0.131. The maximum absolute atomic E-state index is 13.2. The van der Waals surface area contributed by atoms with Crippen molar-refractivity contribution in [2.45, 2.75) is 43.5 Å². The SMILES string of the molecule is C=C1CN2c3c1cc([N+](=O)[O-])cc3C(=O)N1C2C(C)(C)SC1(C)C. The Bertz CT molecular complexity index is 831. The van der Waals surface area contributed by atoms with Crippen LogP contribution in [0.15, 0.2) is 18.7 Å². The lowest BCUT2D eigenvalue weighted by atomic mass is 9.96. The Kier molecular flexibility index (Phi) is 2.80. The van der Waals surface area contributed by atoms with Crippen molar-refractivity contribution in [3.63, 3.8) is 0 Å². The summed E-state index contributed by atoms with van der Waals surface area (Å²) < 4.78 is -0.152. The second-order valence-corrected chi connectivity index (χ2v) is 9.83. The summed E-state index contributed by atoms with van der Waals surface area (Å²) in [7, 11) is 0. The van der Waals surface area contributed by atoms with Gasteiger partial charge in [0.15, 0.2) is 0 Å². The summed E-state index contributed by atoms with van der Waals surface area (Å²) >= 11 is 1.76. The Hall–Kier alpha value is -2.02. The van der Waals surface area contributed by atoms with Crippen LogP contribution in [0, 0.1) is 10.1 Å². The number of rotatable bonds is 1. The number of hydrogen-bond acceptors (Lipinski definition) is 5. The highest BCUT2D eigenvalue weighted by atomic mass is 32.2. The Morgan fingerprint density at radius 1 is 1.29 bits per heavy atom. The first-order chi connectivity index (χ1) is 11.0. The maximum Gasteiger partial charge on any atom is 0.270 e. The summed E-state index contributed by atoms with van der Waals surface area (Å²) in [5.41, 5.74) is 2.74. The highest BCUT2D eigenvalue weighted by Crippen LogP contribution is 2.58. The molecule has 6 nitrogen and oxygen atoms in total. The lowest BCUT2D eigenvalue weighted by Gasteiger charge is -2.46. The number of non-ortho nitro benzene ring substituents is 1. The molecule has 7 heteroatoms. The van der Waals surface area contributed by atoms with E-state index in [1.54, 1.807) is 17.8 Å². The van der Waals surface area contributed by atoms with E-state index >= 15 is 0 Å². The largest absolute Gasteiger partial charge is 0.344 e. The Labute approximate surface area is 144 Å². The number of carbonyl (C=O) groups is 1. The molecule has 0 aromatic heterocycles. The molecular formula is C17H19N3O3S. The Morgan fingerprint density at radius 2 is 1.92 bits per heavy atom. The van der Waals surface area contributed by atoms with E-state index in [1.807, 2.05) is 18.7 Å². The molecule has 1 unspecified atom stereocenters. The van der Waals surface area contributed by atoms with E-state index in [0.29, 0.717) is 12.1 Å². The molecule has 0 aliphatic carbocycles. The predicted octanol–water partition coefficient (Wildman–Crippen LogP) is 3.47. The highest BCUT2D eigenvalue weighted by Gasteiger charge is 2.60. The van der Waals surface area contributed by atoms with Crippen molar-refractivity contribution in [1.82, 2.24) is 4.90 Å². The number of anilines is 1. The van der Waals surface area contributed by atoms with Crippen molar-refractivity contribution in [2.24, 2.45) is 0 Å². The second-order valence-electron chi connectivity index (χ2n) is 7.58. The fourth-order valence-electron chi connectivity index (χ4n) is 4.40. The number of benzene rings is 1. The molecule has 3 heterocycles. The standard InChI is InChI=1S/C17H19N3O3S/c1-9-8-18-13-11(9)6-10(20(22)23)7-12(13)14(21)19-15(18)16(2,3)24-17(19,4)5/h6-7,15H,1,8H2,2-5H3. The summed E-state index contributed by atoms with van der Waals surface area (Å²) in [6.07, 6.45) is -0.0862. The van der Waals surface area contributed by atoms with Gasteiger partial charge in [0, 0.05) is 24.2 Å². The van der Waals surface area contributed by atoms with E-state index in [9.17, 15) is 14.9 Å². The van der Waals surface area contributed by atoms with Gasteiger partial charge in [-0.25, -0.2) is 0 Å². The predicted molar refractivity (Wildman–Crippen MR) is 95.2 cm³/mol. The number of nitro groups is 1. The number of thioether (sulfide) groups is 1. The number of amides is 1. The number of hydrogen-bond donors (Lipinski definition) is 0. The molecule has 4 rings (SSSR count). The zero-order chi connectivity index (χ0) is 17.6. The van der Waals surface area contributed by atoms with E-state index in [1.165, 1.54) is 6.07 Å². The van der Waals surface area contributed by atoms with Crippen molar-refractivity contribution in [3.8, 4) is 0 Å². The lowest BCUT2D eigenvalue weighted by Crippen LogP contribution is -2.60. The minimum atomic E-state index is -0.445. The topological polar surface area (TPSA) is 66.7 Å². The average molecular weight is 345 g/mol. The van der Waals surface area contributed by atoms with E-state index in [-0.39, 0.29) is 27.4 Å². The van der Waals surface area contributed by atoms with Crippen LogP contribution in [0.1, 0.15) is 43.6 Å². The molecule has 3 aliphatic rings. The molecule has 0 saturated carbocycles. The fraction of sp³-hybridized carbons (Fsp3) is 0.471. The average Bonchev–Trinajstić information content (AvgIpc) is 2.87. The zero-order valence-corrected chi connectivity index (χ0v) is 14.9. The van der Waals surface area contributed by atoms with Crippen molar-refractivity contribution >= 4 is 34.6 Å². The number of nitro benzene ring substituents is 1. The van der Waals surface area contributed by atoms with Gasteiger partial charge in [0.05, 0.1) is 25.8 Å². The van der Waals surface area contributed by atoms with Crippen LogP contribution in [0.4, 0.5) is 11.4 Å². The van der Waals surface area contributed by atoms with Gasteiger partial charge in [-0.05, 0) is 33.3 Å². The van der Waals surface area contributed by atoms with Gasteiger partial charge in [-0.3, -0.25) is 14.9 Å². The third-order valence-electron chi connectivity index (χ3n) is 5.04. The zero-order valence-electron chi connectivity index (χ0n) is 14.1. The van der Waals surface area contributed by atoms with Crippen LogP contribution in [0.2, 0.25) is 0 Å². The molecular weight excluding hydrogens is 326 g/mol. The first-order valence-electron chi connectivity index (χ1n) is 7.86. The van der Waals surface area contributed by atoms with E-state index in [4.69, 9.17) is 0 Å². The van der Waals surface area contributed by atoms with Crippen LogP contribution in [-0.2, 0) is 0 Å². The van der Waals surface area contributed by atoms with Gasteiger partial charge in [0.1, 0.15) is 6.17 Å². The molecule has 0 radical (unpaired) electrons. The highest BCUT2D eigenvalue weighted by molar-refractivity contribution is 8.02. The van der Waals surface area contributed by atoms with Crippen LogP contribution in [0.25, 0.3) is 5.57 Å². The van der Waals surface area contributed by atoms with Crippen LogP contribution in [0.3, 0.4) is 0 Å². The number of nitrogens with zero attached hydrogens (tertiary/aromatic N) is 3. The minimum absolute atomic E-state index is 0.0533. The fourth-order valence-corrected chi connectivity index (χ4v) is 6.30. The van der Waals surface area contributed by atoms with Crippen LogP contribution in [-0.4, -0.2) is 38.1 Å². The Morgan fingerprint density at radius 3 is 2.54 bits per heavy atom. The quantitative estimate of drug-likeness (QED) is 0.576. The normalized spacial score (nSPS) is 25.8. The molecule has 0 N–H and O–H groups in total. The summed E-state index contributed by atoms with van der Waals surface area (Å²) in [5, 5.41) is 11.3. The third kappa shape index (κ3) is 1.76. The number of fused-ring (bicyclic) bond motifs is 2. The molecule has 1 aromatic rings. The van der Waals surface area contributed by atoms with Gasteiger partial charge >= 0.3 is 0 Å². The maximum atomic E-state index is 13.2. The summed E-state index contributed by atoms with van der Waals surface area (Å²) in [6.45, 7) is 13.0. The first kappa shape index (κ1) is 15.5. The molecule has 0 bridgehead atoms. The smallest absolute Gasteiger partial charge is 0.270 e. The van der Waals surface area contributed by atoms with Crippen LogP contribution < -0.4 is 4.90 Å². The molecule has 24 heavy (non-hydrogen) atoms. The van der Waals surface area contributed by atoms with Gasteiger partial charge in [-0.1, -0.05) is 6.58 Å². The van der Waals surface area contributed by atoms with Crippen molar-refractivity contribution in [2.75, 3.05) is 11.4 Å². The first-order valence-corrected chi connectivity index (χ1v) is 8.67. The molecule has 0 spiro atoms. The van der Waals surface area contributed by atoms with Crippen molar-refractivity contribution in [3.05, 3.63) is 40.0 Å². The van der Waals surface area contributed by atoms with E-state index < -0.39 is 4.92 Å². The van der Waals surface area contributed by atoms with E-state index in [0.717, 1.165) is 16.8 Å². The lowest BCUT2D eigenvalue weighted by molar-refractivity contribution is -0.384. The molecule has 1 atom stereocenters. The van der Waals surface area contributed by atoms with E-state index in [2.05, 4.69) is 25.3 Å². The molecule has 126 valence electrons. The molecule has 1 aromatic carbocycles. The number of carbonyl (C=O) groups excluding carboxylic acids is 1. The minimum Gasteiger partial charge on any atom is -0.344 e. The summed E-state index contributed by atoms with van der Waals surface area (Å²) in [4.78, 5) is 27.8.